The van der Waals surface area contributed by atoms with Gasteiger partial charge in [0.25, 0.3) is 0 Å². The molecule has 0 atom stereocenters. The molecule has 0 amide bonds. The van der Waals surface area contributed by atoms with Crippen LogP contribution < -0.4 is 0 Å². The molecule has 1 nitrogen and oxygen atoms in total. The van der Waals surface area contributed by atoms with Crippen LogP contribution in [0.1, 0.15) is 0 Å². The third-order valence-electron chi connectivity index (χ3n) is 2.12. The van der Waals surface area contributed by atoms with E-state index in [1.165, 1.54) is 9.75 Å². The van der Waals surface area contributed by atoms with Gasteiger partial charge < -0.3 is 4.42 Å². The predicted octanol–water partition coefficient (Wildman–Crippen LogP) is 4.54. The van der Waals surface area contributed by atoms with Crippen molar-refractivity contribution in [3.8, 4) is 20.9 Å². The first-order valence-corrected chi connectivity index (χ1v) is 6.27. The van der Waals surface area contributed by atoms with Crippen molar-refractivity contribution in [2.75, 3.05) is 0 Å². The molecule has 0 N–H and O–H groups in total. The molecular weight excluding hydrogens is 224 g/mol. The van der Waals surface area contributed by atoms with E-state index in [9.17, 15) is 0 Å². The van der Waals surface area contributed by atoms with Crippen LogP contribution in [-0.4, -0.2) is 0 Å². The summed E-state index contributed by atoms with van der Waals surface area (Å²) in [6, 6.07) is 9.52. The van der Waals surface area contributed by atoms with Crippen LogP contribution in [0.25, 0.3) is 20.9 Å². The van der Waals surface area contributed by atoms with E-state index in [-0.39, 0.29) is 0 Å². The van der Waals surface area contributed by atoms with E-state index in [1.54, 1.807) is 35.2 Å². The van der Waals surface area contributed by atoms with Gasteiger partial charge in [0.05, 0.1) is 17.4 Å². The standard InChI is InChI=1S/C12H7OS2/c1-2-11(14-5-1)12-6-10(8-15-12)9-3-4-13-7-9/h1-5,7-8H. The Hall–Kier alpha value is -1.32. The zero-order chi connectivity index (χ0) is 10.1. The van der Waals surface area contributed by atoms with Gasteiger partial charge in [-0.25, -0.2) is 0 Å². The average molecular weight is 231 g/mol. The molecule has 3 heterocycles. The summed E-state index contributed by atoms with van der Waals surface area (Å²) in [5.74, 6) is 0. The summed E-state index contributed by atoms with van der Waals surface area (Å²) in [5.41, 5.74) is 2.20. The molecule has 0 aliphatic rings. The summed E-state index contributed by atoms with van der Waals surface area (Å²) >= 11 is 3.46. The minimum absolute atomic E-state index is 1.09. The molecule has 3 aromatic heterocycles. The Morgan fingerprint density at radius 1 is 1.20 bits per heavy atom. The Morgan fingerprint density at radius 3 is 2.93 bits per heavy atom. The zero-order valence-electron chi connectivity index (χ0n) is 7.77. The predicted molar refractivity (Wildman–Crippen MR) is 64.2 cm³/mol. The number of rotatable bonds is 2. The molecule has 3 aromatic rings. The molecule has 0 bridgehead atoms. The maximum Gasteiger partial charge on any atom is 0.0981 e. The van der Waals surface area contributed by atoms with Gasteiger partial charge in [0.15, 0.2) is 0 Å². The van der Waals surface area contributed by atoms with Crippen molar-refractivity contribution >= 4 is 22.7 Å². The lowest BCUT2D eigenvalue weighted by Gasteiger charge is -1.87. The second-order valence-electron chi connectivity index (χ2n) is 3.09. The number of thiophene rings is 2. The van der Waals surface area contributed by atoms with Crippen LogP contribution in [0, 0.1) is 6.07 Å². The summed E-state index contributed by atoms with van der Waals surface area (Å²) in [6.45, 7) is 0. The van der Waals surface area contributed by atoms with E-state index < -0.39 is 0 Å². The highest BCUT2D eigenvalue weighted by Crippen LogP contribution is 2.34. The van der Waals surface area contributed by atoms with E-state index in [4.69, 9.17) is 4.42 Å². The maximum atomic E-state index is 5.06. The van der Waals surface area contributed by atoms with Crippen molar-refractivity contribution in [2.24, 2.45) is 0 Å². The van der Waals surface area contributed by atoms with Crippen molar-refractivity contribution in [3.05, 3.63) is 47.6 Å². The molecule has 0 aliphatic carbocycles. The number of hydrogen-bond donors (Lipinski definition) is 0. The molecule has 0 unspecified atom stereocenters. The second kappa shape index (κ2) is 3.68. The van der Waals surface area contributed by atoms with E-state index in [2.05, 4.69) is 29.0 Å². The quantitative estimate of drug-likeness (QED) is 0.631. The maximum absolute atomic E-state index is 5.06. The van der Waals surface area contributed by atoms with Gasteiger partial charge in [-0.15, -0.1) is 22.7 Å². The van der Waals surface area contributed by atoms with Crippen LogP contribution in [0.15, 0.2) is 45.9 Å². The molecule has 0 spiro atoms. The fourth-order valence-electron chi connectivity index (χ4n) is 1.38. The smallest absolute Gasteiger partial charge is 0.0981 e. The summed E-state index contributed by atoms with van der Waals surface area (Å²) < 4.78 is 5.06. The summed E-state index contributed by atoms with van der Waals surface area (Å²) in [5, 5.41) is 4.19. The number of furan rings is 1. The molecule has 0 saturated carbocycles. The van der Waals surface area contributed by atoms with Gasteiger partial charge >= 0.3 is 0 Å². The topological polar surface area (TPSA) is 13.1 Å². The molecular formula is C12H7OS2. The molecule has 0 saturated heterocycles. The molecule has 0 aromatic carbocycles. The van der Waals surface area contributed by atoms with Gasteiger partial charge in [-0.3, -0.25) is 0 Å². The van der Waals surface area contributed by atoms with Crippen LogP contribution >= 0.6 is 22.7 Å². The number of hydrogen-bond acceptors (Lipinski definition) is 3. The third-order valence-corrected chi connectivity index (χ3v) is 4.05. The molecule has 3 heteroatoms. The largest absolute Gasteiger partial charge is 0.472 e. The Balaban J connectivity index is 2.02. The Kier molecular flexibility index (Phi) is 2.19. The van der Waals surface area contributed by atoms with Crippen molar-refractivity contribution in [1.82, 2.24) is 0 Å². The highest BCUT2D eigenvalue weighted by atomic mass is 32.1. The first kappa shape index (κ1) is 8.95. The molecule has 3 rings (SSSR count). The highest BCUT2D eigenvalue weighted by Gasteiger charge is 2.06. The van der Waals surface area contributed by atoms with Gasteiger partial charge in [-0.05, 0) is 22.9 Å². The van der Waals surface area contributed by atoms with Crippen molar-refractivity contribution in [3.63, 3.8) is 0 Å². The Morgan fingerprint density at radius 2 is 2.20 bits per heavy atom. The lowest BCUT2D eigenvalue weighted by Crippen LogP contribution is -1.65. The minimum Gasteiger partial charge on any atom is -0.472 e. The first-order chi connectivity index (χ1) is 7.43. The van der Waals surface area contributed by atoms with Crippen LogP contribution in [-0.2, 0) is 0 Å². The van der Waals surface area contributed by atoms with Crippen LogP contribution in [0.5, 0.6) is 0 Å². The van der Waals surface area contributed by atoms with E-state index in [0.29, 0.717) is 0 Å². The summed E-state index contributed by atoms with van der Waals surface area (Å²) in [4.78, 5) is 2.47. The van der Waals surface area contributed by atoms with E-state index >= 15 is 0 Å². The van der Waals surface area contributed by atoms with Crippen LogP contribution in [0.4, 0.5) is 0 Å². The minimum atomic E-state index is 1.09. The van der Waals surface area contributed by atoms with Gasteiger partial charge in [-0.2, -0.15) is 0 Å². The van der Waals surface area contributed by atoms with Gasteiger partial charge in [0.2, 0.25) is 0 Å². The Bertz CT molecular complexity index is 483. The molecule has 0 aliphatic heterocycles. The third kappa shape index (κ3) is 1.64. The lowest BCUT2D eigenvalue weighted by molar-refractivity contribution is 0.568. The second-order valence-corrected chi connectivity index (χ2v) is 4.92. The van der Waals surface area contributed by atoms with Crippen molar-refractivity contribution in [2.45, 2.75) is 0 Å². The van der Waals surface area contributed by atoms with E-state index in [0.717, 1.165) is 11.1 Å². The van der Waals surface area contributed by atoms with E-state index in [1.807, 2.05) is 6.07 Å². The monoisotopic (exact) mass is 231 g/mol. The fourth-order valence-corrected chi connectivity index (χ4v) is 3.08. The molecule has 0 fully saturated rings. The molecule has 15 heavy (non-hydrogen) atoms. The molecule has 73 valence electrons. The van der Waals surface area contributed by atoms with Crippen LogP contribution in [0.2, 0.25) is 0 Å². The lowest BCUT2D eigenvalue weighted by atomic mass is 10.2. The van der Waals surface area contributed by atoms with Gasteiger partial charge in [-0.1, -0.05) is 6.07 Å². The summed E-state index contributed by atoms with van der Waals surface area (Å²) in [6.07, 6.45) is 3.43. The highest BCUT2D eigenvalue weighted by molar-refractivity contribution is 7.20. The van der Waals surface area contributed by atoms with Crippen molar-refractivity contribution < 1.29 is 4.42 Å². The van der Waals surface area contributed by atoms with Gasteiger partial charge in [0, 0.05) is 22.1 Å². The summed E-state index contributed by atoms with van der Waals surface area (Å²) in [7, 11) is 0. The van der Waals surface area contributed by atoms with Crippen molar-refractivity contribution in [1.29, 1.82) is 0 Å². The molecule has 1 radical (unpaired) electrons. The average Bonchev–Trinajstić information content (AvgIpc) is 3.02. The SMILES string of the molecule is [c]1c(-c2ccoc2)csc1-c1cccs1. The normalized spacial score (nSPS) is 10.7. The first-order valence-electron chi connectivity index (χ1n) is 4.51. The Labute approximate surface area is 95.6 Å². The fraction of sp³-hybridized carbons (Fsp3) is 0. The van der Waals surface area contributed by atoms with Crippen LogP contribution in [0.3, 0.4) is 0 Å². The van der Waals surface area contributed by atoms with Gasteiger partial charge in [0.1, 0.15) is 0 Å². The zero-order valence-corrected chi connectivity index (χ0v) is 9.40.